The zero-order chi connectivity index (χ0) is 17.2. The molecule has 1 atom stereocenters. The Balaban J connectivity index is 1.70. The molecule has 25 heavy (non-hydrogen) atoms. The van der Waals surface area contributed by atoms with Gasteiger partial charge >= 0.3 is 0 Å². The number of carbonyl (C=O) groups excluding carboxylic acids is 1. The van der Waals surface area contributed by atoms with Crippen LogP contribution in [0.3, 0.4) is 0 Å². The minimum atomic E-state index is 0.0257. The van der Waals surface area contributed by atoms with Gasteiger partial charge in [0, 0.05) is 30.1 Å². The minimum Gasteiger partial charge on any atom is -0.330 e. The number of aromatic amines is 1. The summed E-state index contributed by atoms with van der Waals surface area (Å²) in [5, 5.41) is 7.41. The quantitative estimate of drug-likeness (QED) is 0.794. The molecule has 1 unspecified atom stereocenters. The van der Waals surface area contributed by atoms with Gasteiger partial charge in [-0.25, -0.2) is 0 Å². The first-order valence-corrected chi connectivity index (χ1v) is 8.56. The van der Waals surface area contributed by atoms with E-state index in [2.05, 4.69) is 15.2 Å². The number of nitrogens with one attached hydrogen (secondary N) is 1. The van der Waals surface area contributed by atoms with E-state index in [-0.39, 0.29) is 11.9 Å². The second-order valence-electron chi connectivity index (χ2n) is 6.41. The van der Waals surface area contributed by atoms with Gasteiger partial charge in [0.1, 0.15) is 0 Å². The van der Waals surface area contributed by atoms with E-state index in [1.54, 1.807) is 6.20 Å². The molecule has 0 saturated carbocycles. The van der Waals surface area contributed by atoms with Gasteiger partial charge in [0.2, 0.25) is 0 Å². The zero-order valence-electron chi connectivity index (χ0n) is 14.1. The van der Waals surface area contributed by atoms with Gasteiger partial charge in [-0.05, 0) is 49.1 Å². The maximum absolute atomic E-state index is 12.9. The Bertz CT molecular complexity index is 887. The highest BCUT2D eigenvalue weighted by Crippen LogP contribution is 2.37. The molecule has 5 nitrogen and oxygen atoms in total. The van der Waals surface area contributed by atoms with Gasteiger partial charge < -0.3 is 4.90 Å². The number of hydrogen-bond donors (Lipinski definition) is 1. The molecule has 0 aliphatic carbocycles. The summed E-state index contributed by atoms with van der Waals surface area (Å²) in [5.41, 5.74) is 5.01. The van der Waals surface area contributed by atoms with E-state index >= 15 is 0 Å². The Morgan fingerprint density at radius 1 is 1.16 bits per heavy atom. The molecule has 1 aliphatic heterocycles. The Morgan fingerprint density at radius 2 is 2.00 bits per heavy atom. The van der Waals surface area contributed by atoms with Crippen molar-refractivity contribution < 1.29 is 4.79 Å². The SMILES string of the molecule is Cc1cnccc1-c1cn[nH]c1C1CCCN1C(=O)c1ccccc1. The molecule has 3 heterocycles. The van der Waals surface area contributed by atoms with E-state index in [1.807, 2.05) is 60.6 Å². The van der Waals surface area contributed by atoms with Crippen molar-refractivity contribution in [3.63, 3.8) is 0 Å². The molecule has 0 bridgehead atoms. The van der Waals surface area contributed by atoms with Gasteiger partial charge in [0.15, 0.2) is 0 Å². The van der Waals surface area contributed by atoms with Gasteiger partial charge in [0.25, 0.3) is 5.91 Å². The Hall–Kier alpha value is -2.95. The molecule has 0 spiro atoms. The smallest absolute Gasteiger partial charge is 0.254 e. The molecule has 1 amide bonds. The number of nitrogens with zero attached hydrogens (tertiary/aromatic N) is 3. The van der Waals surface area contributed by atoms with Crippen molar-refractivity contribution in [2.75, 3.05) is 6.54 Å². The van der Waals surface area contributed by atoms with Crippen LogP contribution in [-0.4, -0.2) is 32.5 Å². The Kier molecular flexibility index (Phi) is 4.06. The number of pyridine rings is 1. The molecule has 1 aromatic carbocycles. The van der Waals surface area contributed by atoms with Crippen molar-refractivity contribution in [3.05, 3.63) is 71.8 Å². The van der Waals surface area contributed by atoms with Crippen LogP contribution in [0.15, 0.2) is 55.0 Å². The molecular weight excluding hydrogens is 312 g/mol. The standard InChI is InChI=1S/C20H20N4O/c1-14-12-21-10-9-16(14)17-13-22-23-19(17)18-8-5-11-24(18)20(25)15-6-3-2-4-7-15/h2-4,6-7,9-10,12-13,18H,5,8,11H2,1H3,(H,22,23). The van der Waals surface area contributed by atoms with Crippen LogP contribution in [0.1, 0.15) is 40.5 Å². The van der Waals surface area contributed by atoms with Gasteiger partial charge in [-0.1, -0.05) is 18.2 Å². The molecule has 2 aromatic heterocycles. The molecule has 1 saturated heterocycles. The maximum Gasteiger partial charge on any atom is 0.254 e. The molecule has 1 fully saturated rings. The number of benzene rings is 1. The average Bonchev–Trinajstić information content (AvgIpc) is 3.31. The molecule has 1 N–H and O–H groups in total. The van der Waals surface area contributed by atoms with Crippen LogP contribution < -0.4 is 0 Å². The third-order valence-electron chi connectivity index (χ3n) is 4.85. The van der Waals surface area contributed by atoms with Crippen molar-refractivity contribution in [2.45, 2.75) is 25.8 Å². The van der Waals surface area contributed by atoms with E-state index in [1.165, 1.54) is 0 Å². The predicted molar refractivity (Wildman–Crippen MR) is 96.0 cm³/mol. The molecule has 4 rings (SSSR count). The summed E-state index contributed by atoms with van der Waals surface area (Å²) < 4.78 is 0. The Labute approximate surface area is 146 Å². The van der Waals surface area contributed by atoms with Crippen LogP contribution in [0.25, 0.3) is 11.1 Å². The van der Waals surface area contributed by atoms with Crippen molar-refractivity contribution in [2.24, 2.45) is 0 Å². The number of carbonyl (C=O) groups is 1. The first-order valence-electron chi connectivity index (χ1n) is 8.56. The average molecular weight is 332 g/mol. The van der Waals surface area contributed by atoms with Crippen molar-refractivity contribution >= 4 is 5.91 Å². The first-order chi connectivity index (χ1) is 12.3. The van der Waals surface area contributed by atoms with Crippen LogP contribution in [0, 0.1) is 6.92 Å². The second-order valence-corrected chi connectivity index (χ2v) is 6.41. The van der Waals surface area contributed by atoms with Crippen LogP contribution in [0.4, 0.5) is 0 Å². The van der Waals surface area contributed by atoms with Crippen LogP contribution >= 0.6 is 0 Å². The first kappa shape index (κ1) is 15.6. The predicted octanol–water partition coefficient (Wildman–Crippen LogP) is 3.76. The minimum absolute atomic E-state index is 0.0257. The number of aromatic nitrogens is 3. The summed E-state index contributed by atoms with van der Waals surface area (Å²) in [7, 11) is 0. The van der Waals surface area contributed by atoms with Crippen molar-refractivity contribution in [1.82, 2.24) is 20.1 Å². The van der Waals surface area contributed by atoms with E-state index in [4.69, 9.17) is 0 Å². The molecule has 0 radical (unpaired) electrons. The number of H-pyrrole nitrogens is 1. The van der Waals surface area contributed by atoms with Crippen molar-refractivity contribution in [1.29, 1.82) is 0 Å². The summed E-state index contributed by atoms with van der Waals surface area (Å²) in [6, 6.07) is 11.5. The summed E-state index contributed by atoms with van der Waals surface area (Å²) in [6.45, 7) is 2.81. The van der Waals surface area contributed by atoms with E-state index in [9.17, 15) is 4.79 Å². The van der Waals surface area contributed by atoms with Gasteiger partial charge in [0.05, 0.1) is 17.9 Å². The topological polar surface area (TPSA) is 61.9 Å². The summed E-state index contributed by atoms with van der Waals surface area (Å²) in [4.78, 5) is 19.1. The third-order valence-corrected chi connectivity index (χ3v) is 4.85. The third kappa shape index (κ3) is 2.82. The highest BCUT2D eigenvalue weighted by Gasteiger charge is 2.33. The molecular formula is C20H20N4O. The largest absolute Gasteiger partial charge is 0.330 e. The van der Waals surface area contributed by atoms with E-state index < -0.39 is 0 Å². The highest BCUT2D eigenvalue weighted by molar-refractivity contribution is 5.94. The fourth-order valence-electron chi connectivity index (χ4n) is 3.60. The van der Waals surface area contributed by atoms with E-state index in [0.717, 1.165) is 47.3 Å². The van der Waals surface area contributed by atoms with E-state index in [0.29, 0.717) is 0 Å². The molecule has 126 valence electrons. The fourth-order valence-corrected chi connectivity index (χ4v) is 3.60. The number of amides is 1. The van der Waals surface area contributed by atoms with Crippen LogP contribution in [-0.2, 0) is 0 Å². The summed E-state index contributed by atoms with van der Waals surface area (Å²) in [6.07, 6.45) is 7.43. The van der Waals surface area contributed by atoms with Crippen LogP contribution in [0.2, 0.25) is 0 Å². The fraction of sp³-hybridized carbons (Fsp3) is 0.250. The zero-order valence-corrected chi connectivity index (χ0v) is 14.1. The Morgan fingerprint density at radius 3 is 2.80 bits per heavy atom. The van der Waals surface area contributed by atoms with Gasteiger partial charge in [-0.3, -0.25) is 14.9 Å². The monoisotopic (exact) mass is 332 g/mol. The van der Waals surface area contributed by atoms with Gasteiger partial charge in [-0.2, -0.15) is 5.10 Å². The number of likely N-dealkylation sites (tertiary alicyclic amines) is 1. The molecule has 5 heteroatoms. The lowest BCUT2D eigenvalue weighted by Crippen LogP contribution is -2.31. The highest BCUT2D eigenvalue weighted by atomic mass is 16.2. The lowest BCUT2D eigenvalue weighted by molar-refractivity contribution is 0.0733. The van der Waals surface area contributed by atoms with Crippen molar-refractivity contribution in [3.8, 4) is 11.1 Å². The number of hydrogen-bond acceptors (Lipinski definition) is 3. The lowest BCUT2D eigenvalue weighted by Gasteiger charge is -2.25. The molecule has 3 aromatic rings. The molecule has 1 aliphatic rings. The summed E-state index contributed by atoms with van der Waals surface area (Å²) >= 11 is 0. The maximum atomic E-state index is 12.9. The van der Waals surface area contributed by atoms with Gasteiger partial charge in [-0.15, -0.1) is 0 Å². The normalized spacial score (nSPS) is 17.0. The second kappa shape index (κ2) is 6.51. The number of rotatable bonds is 3. The lowest BCUT2D eigenvalue weighted by atomic mass is 9.98. The number of aryl methyl sites for hydroxylation is 1. The summed E-state index contributed by atoms with van der Waals surface area (Å²) in [5.74, 6) is 0.0788. The van der Waals surface area contributed by atoms with Crippen LogP contribution in [0.5, 0.6) is 0 Å².